The van der Waals surface area contributed by atoms with E-state index in [1.807, 2.05) is 11.4 Å². The summed E-state index contributed by atoms with van der Waals surface area (Å²) in [5.41, 5.74) is 2.07. The SMILES string of the molecule is COc1cc(C(=O)NCc2csc(C3CC3)n2)cc2occc12. The van der Waals surface area contributed by atoms with E-state index in [9.17, 15) is 4.79 Å². The predicted molar refractivity (Wildman–Crippen MR) is 88.0 cm³/mol. The molecule has 23 heavy (non-hydrogen) atoms. The van der Waals surface area contributed by atoms with Gasteiger partial charge in [-0.1, -0.05) is 0 Å². The number of thiazole rings is 1. The summed E-state index contributed by atoms with van der Waals surface area (Å²) < 4.78 is 10.7. The zero-order chi connectivity index (χ0) is 15.8. The van der Waals surface area contributed by atoms with E-state index in [0.29, 0.717) is 29.4 Å². The van der Waals surface area contributed by atoms with Crippen molar-refractivity contribution in [3.63, 3.8) is 0 Å². The lowest BCUT2D eigenvalue weighted by molar-refractivity contribution is 0.0950. The van der Waals surface area contributed by atoms with Crippen LogP contribution < -0.4 is 10.1 Å². The number of furan rings is 1. The van der Waals surface area contributed by atoms with Gasteiger partial charge in [0.15, 0.2) is 0 Å². The third-order valence-electron chi connectivity index (χ3n) is 3.94. The third kappa shape index (κ3) is 2.82. The van der Waals surface area contributed by atoms with E-state index in [2.05, 4.69) is 10.3 Å². The van der Waals surface area contributed by atoms with Gasteiger partial charge in [-0.2, -0.15) is 0 Å². The summed E-state index contributed by atoms with van der Waals surface area (Å²) in [5.74, 6) is 1.11. The van der Waals surface area contributed by atoms with E-state index >= 15 is 0 Å². The van der Waals surface area contributed by atoms with Crippen molar-refractivity contribution in [3.8, 4) is 5.75 Å². The highest BCUT2D eigenvalue weighted by Crippen LogP contribution is 2.41. The molecule has 0 bridgehead atoms. The third-order valence-corrected chi connectivity index (χ3v) is 5.00. The van der Waals surface area contributed by atoms with Crippen LogP contribution in [0.2, 0.25) is 0 Å². The maximum atomic E-state index is 12.4. The molecule has 1 aliphatic rings. The molecule has 3 aromatic rings. The van der Waals surface area contributed by atoms with Gasteiger partial charge in [-0.05, 0) is 31.0 Å². The molecule has 1 aliphatic carbocycles. The molecule has 0 unspecified atom stereocenters. The Bertz CT molecular complexity index is 864. The molecule has 0 aliphatic heterocycles. The van der Waals surface area contributed by atoms with E-state index in [1.165, 1.54) is 17.8 Å². The topological polar surface area (TPSA) is 64.4 Å². The average Bonchev–Trinajstić information content (AvgIpc) is 3.12. The Labute approximate surface area is 137 Å². The number of amides is 1. The van der Waals surface area contributed by atoms with Gasteiger partial charge in [-0.3, -0.25) is 4.79 Å². The zero-order valence-electron chi connectivity index (χ0n) is 12.7. The van der Waals surface area contributed by atoms with Crippen molar-refractivity contribution in [1.29, 1.82) is 0 Å². The molecule has 2 heterocycles. The molecule has 0 radical (unpaired) electrons. The van der Waals surface area contributed by atoms with Crippen LogP contribution in [0.4, 0.5) is 0 Å². The summed E-state index contributed by atoms with van der Waals surface area (Å²) >= 11 is 1.68. The van der Waals surface area contributed by atoms with E-state index in [-0.39, 0.29) is 5.91 Å². The Morgan fingerprint density at radius 3 is 3.13 bits per heavy atom. The molecule has 1 saturated carbocycles. The normalized spacial score (nSPS) is 14.1. The van der Waals surface area contributed by atoms with Gasteiger partial charge in [-0.15, -0.1) is 11.3 Å². The van der Waals surface area contributed by atoms with Gasteiger partial charge >= 0.3 is 0 Å². The van der Waals surface area contributed by atoms with Gasteiger partial charge in [0.2, 0.25) is 0 Å². The first-order valence-electron chi connectivity index (χ1n) is 7.52. The van der Waals surface area contributed by atoms with Crippen LogP contribution >= 0.6 is 11.3 Å². The van der Waals surface area contributed by atoms with Gasteiger partial charge in [-0.25, -0.2) is 4.98 Å². The molecule has 5 nitrogen and oxygen atoms in total. The molecule has 2 aromatic heterocycles. The molecular formula is C17H16N2O3S. The van der Waals surface area contributed by atoms with Crippen molar-refractivity contribution in [3.05, 3.63) is 46.1 Å². The molecule has 0 saturated heterocycles. The van der Waals surface area contributed by atoms with Crippen LogP contribution in [0.1, 0.15) is 39.8 Å². The van der Waals surface area contributed by atoms with Crippen molar-refractivity contribution < 1.29 is 13.9 Å². The van der Waals surface area contributed by atoms with Crippen molar-refractivity contribution >= 4 is 28.2 Å². The number of nitrogens with zero attached hydrogens (tertiary/aromatic N) is 1. The first-order chi connectivity index (χ1) is 11.2. The second kappa shape index (κ2) is 5.70. The van der Waals surface area contributed by atoms with Crippen LogP contribution in [-0.2, 0) is 6.54 Å². The molecule has 118 valence electrons. The monoisotopic (exact) mass is 328 g/mol. The second-order valence-electron chi connectivity index (χ2n) is 5.64. The van der Waals surface area contributed by atoms with Crippen molar-refractivity contribution in [2.45, 2.75) is 25.3 Å². The number of benzene rings is 1. The van der Waals surface area contributed by atoms with Gasteiger partial charge < -0.3 is 14.5 Å². The molecule has 1 amide bonds. The second-order valence-corrected chi connectivity index (χ2v) is 6.53. The fourth-order valence-electron chi connectivity index (χ4n) is 2.53. The fourth-order valence-corrected chi connectivity index (χ4v) is 3.52. The number of ether oxygens (including phenoxy) is 1. The fraction of sp³-hybridized carbons (Fsp3) is 0.294. The minimum atomic E-state index is -0.164. The molecule has 1 aromatic carbocycles. The highest BCUT2D eigenvalue weighted by Gasteiger charge is 2.26. The standard InChI is InChI=1S/C17H16N2O3S/c1-21-14-6-11(7-15-13(14)4-5-22-15)16(20)18-8-12-9-23-17(19-12)10-2-3-10/h4-7,9-10H,2-3,8H2,1H3,(H,18,20). The van der Waals surface area contributed by atoms with E-state index in [1.54, 1.807) is 36.8 Å². The highest BCUT2D eigenvalue weighted by atomic mass is 32.1. The molecule has 4 rings (SSSR count). The minimum absolute atomic E-state index is 0.164. The average molecular weight is 328 g/mol. The minimum Gasteiger partial charge on any atom is -0.496 e. The number of rotatable bonds is 5. The van der Waals surface area contributed by atoms with Crippen molar-refractivity contribution in [2.24, 2.45) is 0 Å². The number of hydrogen-bond acceptors (Lipinski definition) is 5. The number of carbonyl (C=O) groups is 1. The summed E-state index contributed by atoms with van der Waals surface area (Å²) in [6.07, 6.45) is 4.06. The Morgan fingerprint density at radius 1 is 1.48 bits per heavy atom. The van der Waals surface area contributed by atoms with Gasteiger partial charge in [0.05, 0.1) is 36.0 Å². The lowest BCUT2D eigenvalue weighted by Gasteiger charge is -2.06. The van der Waals surface area contributed by atoms with Gasteiger partial charge in [0.1, 0.15) is 11.3 Å². The van der Waals surface area contributed by atoms with Crippen LogP contribution in [0.25, 0.3) is 11.0 Å². The molecule has 0 spiro atoms. The predicted octanol–water partition coefficient (Wildman–Crippen LogP) is 3.71. The summed E-state index contributed by atoms with van der Waals surface area (Å²) in [6, 6.07) is 5.28. The molecule has 1 N–H and O–H groups in total. The first kappa shape index (κ1) is 14.3. The maximum Gasteiger partial charge on any atom is 0.251 e. The lowest BCUT2D eigenvalue weighted by atomic mass is 10.1. The maximum absolute atomic E-state index is 12.4. The zero-order valence-corrected chi connectivity index (χ0v) is 13.5. The van der Waals surface area contributed by atoms with Crippen LogP contribution in [0, 0.1) is 0 Å². The van der Waals surface area contributed by atoms with E-state index < -0.39 is 0 Å². The number of aromatic nitrogens is 1. The van der Waals surface area contributed by atoms with Crippen molar-refractivity contribution in [1.82, 2.24) is 10.3 Å². The molecule has 1 fully saturated rings. The number of methoxy groups -OCH3 is 1. The Kier molecular flexibility index (Phi) is 3.53. The van der Waals surface area contributed by atoms with Crippen LogP contribution in [0.15, 0.2) is 34.3 Å². The smallest absolute Gasteiger partial charge is 0.251 e. The first-order valence-corrected chi connectivity index (χ1v) is 8.40. The summed E-state index contributed by atoms with van der Waals surface area (Å²) in [6.45, 7) is 0.431. The molecular weight excluding hydrogens is 312 g/mol. The van der Waals surface area contributed by atoms with Crippen molar-refractivity contribution in [2.75, 3.05) is 7.11 Å². The quantitative estimate of drug-likeness (QED) is 0.775. The number of nitrogens with one attached hydrogen (secondary N) is 1. The highest BCUT2D eigenvalue weighted by molar-refractivity contribution is 7.09. The van der Waals surface area contributed by atoms with Gasteiger partial charge in [0, 0.05) is 16.9 Å². The number of hydrogen-bond donors (Lipinski definition) is 1. The Balaban J connectivity index is 1.49. The summed E-state index contributed by atoms with van der Waals surface area (Å²) in [5, 5.41) is 6.97. The van der Waals surface area contributed by atoms with Crippen LogP contribution in [0.5, 0.6) is 5.75 Å². The molecule has 0 atom stereocenters. The summed E-state index contributed by atoms with van der Waals surface area (Å²) in [4.78, 5) is 16.9. The van der Waals surface area contributed by atoms with Crippen LogP contribution in [0.3, 0.4) is 0 Å². The van der Waals surface area contributed by atoms with Gasteiger partial charge in [0.25, 0.3) is 5.91 Å². The number of fused-ring (bicyclic) bond motifs is 1. The Hall–Kier alpha value is -2.34. The largest absolute Gasteiger partial charge is 0.496 e. The summed E-state index contributed by atoms with van der Waals surface area (Å²) in [7, 11) is 1.58. The number of carbonyl (C=O) groups excluding carboxylic acids is 1. The van der Waals surface area contributed by atoms with E-state index in [4.69, 9.17) is 9.15 Å². The Morgan fingerprint density at radius 2 is 2.35 bits per heavy atom. The van der Waals surface area contributed by atoms with E-state index in [0.717, 1.165) is 11.1 Å². The molecule has 6 heteroatoms. The lowest BCUT2D eigenvalue weighted by Crippen LogP contribution is -2.23. The van der Waals surface area contributed by atoms with Crippen LogP contribution in [-0.4, -0.2) is 18.0 Å².